The highest BCUT2D eigenvalue weighted by molar-refractivity contribution is 5.76. The van der Waals surface area contributed by atoms with E-state index < -0.39 is 0 Å². The molecule has 1 aliphatic rings. The van der Waals surface area contributed by atoms with Crippen LogP contribution in [0.2, 0.25) is 0 Å². The fourth-order valence-electron chi connectivity index (χ4n) is 2.68. The fourth-order valence-corrected chi connectivity index (χ4v) is 2.68. The molecule has 20 heavy (non-hydrogen) atoms. The Hall–Kier alpha value is -1.89. The molecule has 0 spiro atoms. The summed E-state index contributed by atoms with van der Waals surface area (Å²) in [6.45, 7) is 3.17. The Balaban J connectivity index is 2.15. The van der Waals surface area contributed by atoms with Crippen LogP contribution in [0.5, 0.6) is 0 Å². The van der Waals surface area contributed by atoms with Gasteiger partial charge in [-0.05, 0) is 42.5 Å². The molecule has 0 bridgehead atoms. The van der Waals surface area contributed by atoms with E-state index in [-0.39, 0.29) is 11.7 Å². The molecule has 1 saturated heterocycles. The van der Waals surface area contributed by atoms with Gasteiger partial charge < -0.3 is 4.90 Å². The summed E-state index contributed by atoms with van der Waals surface area (Å²) >= 11 is 0. The van der Waals surface area contributed by atoms with Crippen molar-refractivity contribution in [1.82, 2.24) is 4.90 Å². The summed E-state index contributed by atoms with van der Waals surface area (Å²) in [6.07, 6.45) is 3.56. The van der Waals surface area contributed by atoms with Crippen LogP contribution in [0.25, 0.3) is 0 Å². The number of hydrogen-bond donors (Lipinski definition) is 0. The van der Waals surface area contributed by atoms with Crippen molar-refractivity contribution in [3.8, 4) is 6.07 Å². The average molecular weight is 274 g/mol. The average Bonchev–Trinajstić information content (AvgIpc) is 2.62. The number of amides is 1. The van der Waals surface area contributed by atoms with Gasteiger partial charge in [-0.2, -0.15) is 5.26 Å². The largest absolute Gasteiger partial charge is 0.338 e. The molecular formula is C16H19FN2O. The van der Waals surface area contributed by atoms with Gasteiger partial charge in [0.1, 0.15) is 5.82 Å². The second kappa shape index (κ2) is 6.51. The lowest BCUT2D eigenvalue weighted by Crippen LogP contribution is -2.30. The summed E-state index contributed by atoms with van der Waals surface area (Å²) in [5.41, 5.74) is 1.03. The maximum Gasteiger partial charge on any atom is 0.222 e. The quantitative estimate of drug-likeness (QED) is 0.849. The molecule has 1 atom stereocenters. The van der Waals surface area contributed by atoms with Crippen molar-refractivity contribution in [2.24, 2.45) is 5.92 Å². The first-order chi connectivity index (χ1) is 9.63. The lowest BCUT2D eigenvalue weighted by atomic mass is 9.98. The van der Waals surface area contributed by atoms with E-state index in [1.165, 1.54) is 18.2 Å². The van der Waals surface area contributed by atoms with Gasteiger partial charge in [0.15, 0.2) is 0 Å². The van der Waals surface area contributed by atoms with Crippen LogP contribution in [-0.4, -0.2) is 17.4 Å². The highest BCUT2D eigenvalue weighted by Gasteiger charge is 2.22. The van der Waals surface area contributed by atoms with Crippen LogP contribution in [0, 0.1) is 23.1 Å². The summed E-state index contributed by atoms with van der Waals surface area (Å²) in [6, 6.07) is 6.16. The second-order valence-electron chi connectivity index (χ2n) is 5.33. The molecule has 1 amide bonds. The van der Waals surface area contributed by atoms with Crippen LogP contribution in [0.4, 0.5) is 4.39 Å². The van der Waals surface area contributed by atoms with Gasteiger partial charge in [0, 0.05) is 19.5 Å². The Bertz CT molecular complexity index is 536. The van der Waals surface area contributed by atoms with E-state index in [9.17, 15) is 9.18 Å². The highest BCUT2D eigenvalue weighted by Crippen LogP contribution is 2.23. The molecule has 3 nitrogen and oxygen atoms in total. The number of carbonyl (C=O) groups excluding carboxylic acids is 1. The lowest BCUT2D eigenvalue weighted by molar-refractivity contribution is -0.131. The van der Waals surface area contributed by atoms with Crippen molar-refractivity contribution < 1.29 is 9.18 Å². The molecule has 106 valence electrons. The van der Waals surface area contributed by atoms with Crippen molar-refractivity contribution in [2.45, 2.75) is 39.2 Å². The number of nitriles is 1. The smallest absolute Gasteiger partial charge is 0.222 e. The number of rotatable bonds is 3. The van der Waals surface area contributed by atoms with E-state index in [1.807, 2.05) is 0 Å². The molecule has 0 N–H and O–H groups in total. The van der Waals surface area contributed by atoms with Crippen molar-refractivity contribution in [2.75, 3.05) is 6.54 Å². The van der Waals surface area contributed by atoms with E-state index >= 15 is 0 Å². The number of likely N-dealkylation sites (tertiary alicyclic amines) is 1. The summed E-state index contributed by atoms with van der Waals surface area (Å²) in [4.78, 5) is 13.9. The van der Waals surface area contributed by atoms with E-state index in [0.717, 1.165) is 19.3 Å². The van der Waals surface area contributed by atoms with Gasteiger partial charge >= 0.3 is 0 Å². The molecule has 0 aromatic heterocycles. The van der Waals surface area contributed by atoms with Crippen LogP contribution in [0.15, 0.2) is 18.2 Å². The van der Waals surface area contributed by atoms with Crippen molar-refractivity contribution >= 4 is 5.91 Å². The third-order valence-electron chi connectivity index (χ3n) is 4.05. The predicted octanol–water partition coefficient (Wildman–Crippen LogP) is 3.24. The summed E-state index contributed by atoms with van der Waals surface area (Å²) in [5.74, 6) is 0.328. The number of halogens is 1. The Morgan fingerprint density at radius 2 is 2.25 bits per heavy atom. The Morgan fingerprint density at radius 3 is 2.95 bits per heavy atom. The van der Waals surface area contributed by atoms with Gasteiger partial charge in [0.25, 0.3) is 0 Å². The third-order valence-corrected chi connectivity index (χ3v) is 4.05. The minimum Gasteiger partial charge on any atom is -0.338 e. The third kappa shape index (κ3) is 3.36. The minimum atomic E-state index is -0.368. The minimum absolute atomic E-state index is 0.106. The molecule has 0 radical (unpaired) electrons. The van der Waals surface area contributed by atoms with Gasteiger partial charge in [-0.1, -0.05) is 13.3 Å². The zero-order valence-corrected chi connectivity index (χ0v) is 11.7. The fraction of sp³-hybridized carbons (Fsp3) is 0.500. The van der Waals surface area contributed by atoms with Crippen LogP contribution in [0.1, 0.15) is 43.7 Å². The highest BCUT2D eigenvalue weighted by atomic mass is 19.1. The SMILES string of the molecule is CCC1CCC(=O)N(Cc2cc(F)ccc2C#N)CC1. The van der Waals surface area contributed by atoms with Crippen LogP contribution in [0.3, 0.4) is 0 Å². The van der Waals surface area contributed by atoms with Crippen LogP contribution >= 0.6 is 0 Å². The normalized spacial score (nSPS) is 19.6. The Morgan fingerprint density at radius 1 is 1.45 bits per heavy atom. The zero-order valence-electron chi connectivity index (χ0n) is 11.7. The first-order valence-corrected chi connectivity index (χ1v) is 7.10. The summed E-state index contributed by atoms with van der Waals surface area (Å²) in [7, 11) is 0. The summed E-state index contributed by atoms with van der Waals surface area (Å²) in [5, 5.41) is 9.06. The predicted molar refractivity (Wildman–Crippen MR) is 74.2 cm³/mol. The zero-order chi connectivity index (χ0) is 14.5. The number of benzene rings is 1. The first kappa shape index (κ1) is 14.5. The molecule has 1 aromatic rings. The standard InChI is InChI=1S/C16H19FN2O/c1-2-12-3-6-16(20)19(8-7-12)11-14-9-15(17)5-4-13(14)10-18/h4-5,9,12H,2-3,6-8,11H2,1H3. The molecule has 1 aliphatic heterocycles. The molecular weight excluding hydrogens is 255 g/mol. The van der Waals surface area contributed by atoms with E-state index in [0.29, 0.717) is 36.6 Å². The maximum atomic E-state index is 13.3. The maximum absolute atomic E-state index is 13.3. The van der Waals surface area contributed by atoms with E-state index in [2.05, 4.69) is 13.0 Å². The summed E-state index contributed by atoms with van der Waals surface area (Å²) < 4.78 is 13.3. The Kier molecular flexibility index (Phi) is 4.73. The second-order valence-corrected chi connectivity index (χ2v) is 5.33. The molecule has 1 aromatic carbocycles. The van der Waals surface area contributed by atoms with E-state index in [4.69, 9.17) is 5.26 Å². The van der Waals surface area contributed by atoms with Crippen LogP contribution < -0.4 is 0 Å². The molecule has 1 fully saturated rings. The van der Waals surface area contributed by atoms with Gasteiger partial charge in [-0.25, -0.2) is 4.39 Å². The molecule has 2 rings (SSSR count). The molecule has 1 heterocycles. The number of hydrogen-bond acceptors (Lipinski definition) is 2. The first-order valence-electron chi connectivity index (χ1n) is 7.10. The van der Waals surface area contributed by atoms with Gasteiger partial charge in [0.2, 0.25) is 5.91 Å². The van der Waals surface area contributed by atoms with Gasteiger partial charge in [-0.3, -0.25) is 4.79 Å². The van der Waals surface area contributed by atoms with E-state index in [1.54, 1.807) is 4.90 Å². The van der Waals surface area contributed by atoms with Crippen LogP contribution in [-0.2, 0) is 11.3 Å². The van der Waals surface area contributed by atoms with Gasteiger partial charge in [-0.15, -0.1) is 0 Å². The molecule has 1 unspecified atom stereocenters. The Labute approximate surface area is 119 Å². The monoisotopic (exact) mass is 274 g/mol. The van der Waals surface area contributed by atoms with Crippen molar-refractivity contribution in [3.05, 3.63) is 35.1 Å². The van der Waals surface area contributed by atoms with Gasteiger partial charge in [0.05, 0.1) is 11.6 Å². The molecule has 0 saturated carbocycles. The van der Waals surface area contributed by atoms with Crippen molar-refractivity contribution in [1.29, 1.82) is 5.26 Å². The topological polar surface area (TPSA) is 44.1 Å². The molecule has 4 heteroatoms. The van der Waals surface area contributed by atoms with Crippen molar-refractivity contribution in [3.63, 3.8) is 0 Å². The molecule has 0 aliphatic carbocycles. The lowest BCUT2D eigenvalue weighted by Gasteiger charge is -2.21. The number of carbonyl (C=O) groups is 1. The number of nitrogens with zero attached hydrogens (tertiary/aromatic N) is 2.